The molecular formula is C18H28O2. The molecule has 2 nitrogen and oxygen atoms in total. The molecule has 0 aliphatic heterocycles. The van der Waals surface area contributed by atoms with Gasteiger partial charge in [0.1, 0.15) is 11.6 Å². The van der Waals surface area contributed by atoms with Gasteiger partial charge in [0.25, 0.3) is 0 Å². The Bertz CT molecular complexity index is 414. The zero-order chi connectivity index (χ0) is 15.3. The third-order valence-corrected chi connectivity index (χ3v) is 3.88. The van der Waals surface area contributed by atoms with Crippen molar-refractivity contribution in [3.63, 3.8) is 0 Å². The molecule has 0 aromatic rings. The standard InChI is InChI=1S/C18H28O2/c1-13(2)7-6-8-14(3)9-10-15-16(19)11-18(4,5)12-17(15)20/h7,9,15H,6,8,10-12H2,1-5H3/b14-9+. The van der Waals surface area contributed by atoms with Crippen molar-refractivity contribution >= 4 is 11.6 Å². The first kappa shape index (κ1) is 16.9. The number of rotatable bonds is 5. The average Bonchev–Trinajstić information content (AvgIpc) is 2.25. The Hall–Kier alpha value is -1.18. The molecule has 1 aliphatic carbocycles. The Labute approximate surface area is 123 Å². The zero-order valence-corrected chi connectivity index (χ0v) is 13.6. The first-order valence-corrected chi connectivity index (χ1v) is 7.56. The van der Waals surface area contributed by atoms with Crippen molar-refractivity contribution in [3.8, 4) is 0 Å². The minimum Gasteiger partial charge on any atom is -0.299 e. The lowest BCUT2D eigenvalue weighted by atomic mass is 9.70. The van der Waals surface area contributed by atoms with Gasteiger partial charge >= 0.3 is 0 Å². The van der Waals surface area contributed by atoms with Gasteiger partial charge in [-0.3, -0.25) is 9.59 Å². The predicted octanol–water partition coefficient (Wildman–Crippen LogP) is 4.64. The van der Waals surface area contributed by atoms with Crippen LogP contribution in [0.2, 0.25) is 0 Å². The van der Waals surface area contributed by atoms with Crippen LogP contribution in [-0.4, -0.2) is 11.6 Å². The molecule has 0 aromatic carbocycles. The van der Waals surface area contributed by atoms with E-state index in [0.717, 1.165) is 12.8 Å². The van der Waals surface area contributed by atoms with Crippen molar-refractivity contribution in [1.82, 2.24) is 0 Å². The summed E-state index contributed by atoms with van der Waals surface area (Å²) in [5.41, 5.74) is 2.46. The number of carbonyl (C=O) groups excluding carboxylic acids is 2. The fraction of sp³-hybridized carbons (Fsp3) is 0.667. The summed E-state index contributed by atoms with van der Waals surface area (Å²) in [6, 6.07) is 0. The molecule has 20 heavy (non-hydrogen) atoms. The molecule has 2 heteroatoms. The van der Waals surface area contributed by atoms with Crippen LogP contribution in [0.4, 0.5) is 0 Å². The van der Waals surface area contributed by atoms with Gasteiger partial charge in [0.15, 0.2) is 0 Å². The van der Waals surface area contributed by atoms with Crippen molar-refractivity contribution in [2.45, 2.75) is 66.7 Å². The summed E-state index contributed by atoms with van der Waals surface area (Å²) in [6.07, 6.45) is 8.00. The summed E-state index contributed by atoms with van der Waals surface area (Å²) in [5, 5.41) is 0. The van der Waals surface area contributed by atoms with Gasteiger partial charge in [0.2, 0.25) is 0 Å². The maximum Gasteiger partial charge on any atom is 0.144 e. The summed E-state index contributed by atoms with van der Waals surface area (Å²) >= 11 is 0. The number of carbonyl (C=O) groups is 2. The molecule has 1 saturated carbocycles. The molecule has 0 bridgehead atoms. The second-order valence-electron chi connectivity index (χ2n) is 7.11. The summed E-state index contributed by atoms with van der Waals surface area (Å²) in [6.45, 7) is 10.3. The highest BCUT2D eigenvalue weighted by Crippen LogP contribution is 2.35. The normalized spacial score (nSPS) is 20.1. The molecule has 0 spiro atoms. The van der Waals surface area contributed by atoms with E-state index in [-0.39, 0.29) is 22.9 Å². The highest BCUT2D eigenvalue weighted by molar-refractivity contribution is 6.05. The SMILES string of the molecule is CC(C)=CCC/C(C)=C/CC1C(=O)CC(C)(C)CC1=O. The molecule has 0 heterocycles. The second-order valence-corrected chi connectivity index (χ2v) is 7.11. The lowest BCUT2D eigenvalue weighted by Gasteiger charge is -2.31. The number of hydrogen-bond acceptors (Lipinski definition) is 2. The minimum atomic E-state index is -0.388. The van der Waals surface area contributed by atoms with Crippen molar-refractivity contribution in [3.05, 3.63) is 23.3 Å². The van der Waals surface area contributed by atoms with Gasteiger partial charge < -0.3 is 0 Å². The molecule has 0 radical (unpaired) electrons. The van der Waals surface area contributed by atoms with Gasteiger partial charge in [-0.15, -0.1) is 0 Å². The lowest BCUT2D eigenvalue weighted by molar-refractivity contribution is -0.139. The lowest BCUT2D eigenvalue weighted by Crippen LogP contribution is -2.37. The van der Waals surface area contributed by atoms with Crippen LogP contribution in [0.1, 0.15) is 66.7 Å². The number of Topliss-reactive ketones (excluding diaryl/α,β-unsaturated/α-hetero) is 2. The quantitative estimate of drug-likeness (QED) is 0.541. The minimum absolute atomic E-state index is 0.125. The van der Waals surface area contributed by atoms with E-state index in [1.54, 1.807) is 0 Å². The number of allylic oxidation sites excluding steroid dienone is 4. The molecule has 0 unspecified atom stereocenters. The van der Waals surface area contributed by atoms with Crippen LogP contribution in [0.15, 0.2) is 23.3 Å². The first-order chi connectivity index (χ1) is 9.21. The molecule has 1 rings (SSSR count). The van der Waals surface area contributed by atoms with Gasteiger partial charge in [-0.1, -0.05) is 37.1 Å². The zero-order valence-electron chi connectivity index (χ0n) is 13.6. The van der Waals surface area contributed by atoms with E-state index in [9.17, 15) is 9.59 Å². The highest BCUT2D eigenvalue weighted by Gasteiger charge is 2.38. The summed E-state index contributed by atoms with van der Waals surface area (Å²) in [4.78, 5) is 24.2. The van der Waals surface area contributed by atoms with Crippen molar-refractivity contribution < 1.29 is 9.59 Å². The van der Waals surface area contributed by atoms with Crippen LogP contribution in [0.5, 0.6) is 0 Å². The van der Waals surface area contributed by atoms with Gasteiger partial charge in [-0.25, -0.2) is 0 Å². The maximum absolute atomic E-state index is 12.1. The van der Waals surface area contributed by atoms with Crippen LogP contribution < -0.4 is 0 Å². The third kappa shape index (κ3) is 5.44. The molecule has 0 atom stereocenters. The Kier molecular flexibility index (Phi) is 5.91. The van der Waals surface area contributed by atoms with Gasteiger partial charge in [0, 0.05) is 12.8 Å². The highest BCUT2D eigenvalue weighted by atomic mass is 16.2. The van der Waals surface area contributed by atoms with E-state index < -0.39 is 0 Å². The first-order valence-electron chi connectivity index (χ1n) is 7.56. The van der Waals surface area contributed by atoms with E-state index in [0.29, 0.717) is 19.3 Å². The largest absolute Gasteiger partial charge is 0.299 e. The van der Waals surface area contributed by atoms with Crippen LogP contribution in [-0.2, 0) is 9.59 Å². The molecule has 1 fully saturated rings. The summed E-state index contributed by atoms with van der Waals surface area (Å²) < 4.78 is 0. The molecule has 0 aromatic heterocycles. The monoisotopic (exact) mass is 276 g/mol. The van der Waals surface area contributed by atoms with Gasteiger partial charge in [0.05, 0.1) is 5.92 Å². The molecule has 0 saturated heterocycles. The molecule has 112 valence electrons. The van der Waals surface area contributed by atoms with Gasteiger partial charge in [-0.05, 0) is 45.4 Å². The van der Waals surface area contributed by atoms with Crippen molar-refractivity contribution in [2.75, 3.05) is 0 Å². The van der Waals surface area contributed by atoms with E-state index >= 15 is 0 Å². The summed E-state index contributed by atoms with van der Waals surface area (Å²) in [5.74, 6) is -0.138. The van der Waals surface area contributed by atoms with Crippen molar-refractivity contribution in [1.29, 1.82) is 0 Å². The predicted molar refractivity (Wildman–Crippen MR) is 83.6 cm³/mol. The Morgan fingerprint density at radius 1 is 1.10 bits per heavy atom. The van der Waals surface area contributed by atoms with Crippen LogP contribution in [0, 0.1) is 11.3 Å². The second kappa shape index (κ2) is 7.01. The number of ketones is 2. The van der Waals surface area contributed by atoms with E-state index in [2.05, 4.69) is 32.9 Å². The van der Waals surface area contributed by atoms with Crippen LogP contribution in [0.25, 0.3) is 0 Å². The number of hydrogen-bond donors (Lipinski definition) is 0. The topological polar surface area (TPSA) is 34.1 Å². The molecule has 1 aliphatic rings. The summed E-state index contributed by atoms with van der Waals surface area (Å²) in [7, 11) is 0. The Balaban J connectivity index is 2.54. The smallest absolute Gasteiger partial charge is 0.144 e. The van der Waals surface area contributed by atoms with Crippen LogP contribution >= 0.6 is 0 Å². The fourth-order valence-corrected chi connectivity index (χ4v) is 2.70. The maximum atomic E-state index is 12.1. The van der Waals surface area contributed by atoms with Gasteiger partial charge in [-0.2, -0.15) is 0 Å². The third-order valence-electron chi connectivity index (χ3n) is 3.88. The fourth-order valence-electron chi connectivity index (χ4n) is 2.70. The Morgan fingerprint density at radius 2 is 1.65 bits per heavy atom. The molecule has 0 N–H and O–H groups in total. The Morgan fingerprint density at radius 3 is 2.15 bits per heavy atom. The molecular weight excluding hydrogens is 248 g/mol. The average molecular weight is 276 g/mol. The van der Waals surface area contributed by atoms with Crippen molar-refractivity contribution in [2.24, 2.45) is 11.3 Å². The van der Waals surface area contributed by atoms with E-state index in [1.807, 2.05) is 13.8 Å². The molecule has 0 amide bonds. The van der Waals surface area contributed by atoms with E-state index in [1.165, 1.54) is 11.1 Å². The van der Waals surface area contributed by atoms with Crippen LogP contribution in [0.3, 0.4) is 0 Å². The van der Waals surface area contributed by atoms with E-state index in [4.69, 9.17) is 0 Å².